The van der Waals surface area contributed by atoms with E-state index in [2.05, 4.69) is 10.6 Å². The van der Waals surface area contributed by atoms with Crippen LogP contribution >= 0.6 is 0 Å². The van der Waals surface area contributed by atoms with Gasteiger partial charge >= 0.3 is 0 Å². The molecule has 0 radical (unpaired) electrons. The molecule has 15 heavy (non-hydrogen) atoms. The molecule has 5 nitrogen and oxygen atoms in total. The topological polar surface area (TPSA) is 70.6 Å². The van der Waals surface area contributed by atoms with Gasteiger partial charge in [-0.1, -0.05) is 0 Å². The number of carbonyl (C=O) groups excluding carboxylic acids is 1. The highest BCUT2D eigenvalue weighted by Gasteiger charge is 2.27. The smallest absolute Gasteiger partial charge is 0.225 e. The summed E-state index contributed by atoms with van der Waals surface area (Å²) in [6.45, 7) is 3.96. The highest BCUT2D eigenvalue weighted by atomic mass is 16.5. The number of aliphatic hydroxyl groups is 1. The molecule has 88 valence electrons. The Morgan fingerprint density at radius 3 is 2.80 bits per heavy atom. The summed E-state index contributed by atoms with van der Waals surface area (Å²) in [5.74, 6) is 0.0923. The molecule has 1 unspecified atom stereocenters. The number of carbonyl (C=O) groups is 1. The monoisotopic (exact) mass is 216 g/mol. The predicted molar refractivity (Wildman–Crippen MR) is 56.5 cm³/mol. The lowest BCUT2D eigenvalue weighted by molar-refractivity contribution is -0.127. The van der Waals surface area contributed by atoms with Crippen LogP contribution in [-0.2, 0) is 9.53 Å². The first-order chi connectivity index (χ1) is 7.05. The average Bonchev–Trinajstić information content (AvgIpc) is 2.09. The maximum atomic E-state index is 11.5. The van der Waals surface area contributed by atoms with Gasteiger partial charge in [0, 0.05) is 39.8 Å². The maximum Gasteiger partial charge on any atom is 0.225 e. The second kappa shape index (κ2) is 5.44. The van der Waals surface area contributed by atoms with Crippen LogP contribution < -0.4 is 10.6 Å². The zero-order valence-corrected chi connectivity index (χ0v) is 9.38. The van der Waals surface area contributed by atoms with Crippen molar-refractivity contribution in [3.8, 4) is 0 Å². The summed E-state index contributed by atoms with van der Waals surface area (Å²) < 4.78 is 4.88. The summed E-state index contributed by atoms with van der Waals surface area (Å²) in [6.07, 6.45) is 0.521. The van der Waals surface area contributed by atoms with Crippen molar-refractivity contribution in [3.05, 3.63) is 0 Å². The van der Waals surface area contributed by atoms with Crippen LogP contribution in [0.4, 0.5) is 0 Å². The van der Waals surface area contributed by atoms with E-state index in [0.29, 0.717) is 13.0 Å². The molecule has 0 saturated carbocycles. The van der Waals surface area contributed by atoms with E-state index in [1.165, 1.54) is 0 Å². The van der Waals surface area contributed by atoms with Crippen LogP contribution in [0.2, 0.25) is 0 Å². The third-order valence-electron chi connectivity index (χ3n) is 2.64. The van der Waals surface area contributed by atoms with Crippen molar-refractivity contribution < 1.29 is 14.6 Å². The van der Waals surface area contributed by atoms with E-state index < -0.39 is 5.60 Å². The van der Waals surface area contributed by atoms with Gasteiger partial charge in [-0.15, -0.1) is 0 Å². The summed E-state index contributed by atoms with van der Waals surface area (Å²) in [4.78, 5) is 11.5. The fourth-order valence-corrected chi connectivity index (χ4v) is 1.31. The van der Waals surface area contributed by atoms with Crippen LogP contribution in [0.1, 0.15) is 13.3 Å². The molecule has 0 aromatic heterocycles. The van der Waals surface area contributed by atoms with Gasteiger partial charge in [0.25, 0.3) is 0 Å². The maximum absolute atomic E-state index is 11.5. The molecule has 1 aliphatic heterocycles. The number of amides is 1. The van der Waals surface area contributed by atoms with E-state index in [9.17, 15) is 9.90 Å². The molecule has 1 aliphatic rings. The largest absolute Gasteiger partial charge is 0.388 e. The Balaban J connectivity index is 2.18. The van der Waals surface area contributed by atoms with E-state index >= 15 is 0 Å². The first kappa shape index (κ1) is 12.4. The van der Waals surface area contributed by atoms with Gasteiger partial charge in [0.1, 0.15) is 0 Å². The van der Waals surface area contributed by atoms with Crippen LogP contribution in [0.25, 0.3) is 0 Å². The quantitative estimate of drug-likeness (QED) is 0.538. The van der Waals surface area contributed by atoms with Crippen molar-refractivity contribution in [1.82, 2.24) is 10.6 Å². The first-order valence-electron chi connectivity index (χ1n) is 5.25. The molecular weight excluding hydrogens is 196 g/mol. The van der Waals surface area contributed by atoms with Gasteiger partial charge in [0.05, 0.1) is 11.5 Å². The Bertz CT molecular complexity index is 215. The van der Waals surface area contributed by atoms with Crippen LogP contribution in [0.5, 0.6) is 0 Å². The molecule has 0 spiro atoms. The Hall–Kier alpha value is -0.650. The molecule has 0 aliphatic carbocycles. The van der Waals surface area contributed by atoms with Crippen molar-refractivity contribution in [3.63, 3.8) is 0 Å². The fraction of sp³-hybridized carbons (Fsp3) is 0.900. The van der Waals surface area contributed by atoms with E-state index in [0.717, 1.165) is 13.1 Å². The minimum absolute atomic E-state index is 0.0199. The van der Waals surface area contributed by atoms with Gasteiger partial charge in [0.2, 0.25) is 5.91 Å². The fourth-order valence-electron chi connectivity index (χ4n) is 1.31. The Kier molecular flexibility index (Phi) is 4.50. The van der Waals surface area contributed by atoms with Crippen molar-refractivity contribution in [2.24, 2.45) is 5.92 Å². The summed E-state index contributed by atoms with van der Waals surface area (Å²) in [5.41, 5.74) is -0.886. The van der Waals surface area contributed by atoms with Crippen LogP contribution in [0.15, 0.2) is 0 Å². The van der Waals surface area contributed by atoms with Gasteiger partial charge in [-0.25, -0.2) is 0 Å². The van der Waals surface area contributed by atoms with Gasteiger partial charge in [-0.3, -0.25) is 4.79 Å². The van der Waals surface area contributed by atoms with Crippen LogP contribution in [-0.4, -0.2) is 50.0 Å². The highest BCUT2D eigenvalue weighted by Crippen LogP contribution is 2.09. The lowest BCUT2D eigenvalue weighted by Gasteiger charge is -2.28. The molecule has 1 heterocycles. The zero-order valence-electron chi connectivity index (χ0n) is 9.38. The summed E-state index contributed by atoms with van der Waals surface area (Å²) >= 11 is 0. The van der Waals surface area contributed by atoms with Crippen molar-refractivity contribution in [2.45, 2.75) is 18.9 Å². The molecule has 3 N–H and O–H groups in total. The molecule has 0 aromatic rings. The number of methoxy groups -OCH3 is 1. The minimum atomic E-state index is -0.886. The second-order valence-corrected chi connectivity index (χ2v) is 4.31. The van der Waals surface area contributed by atoms with Crippen LogP contribution in [0, 0.1) is 5.92 Å². The normalized spacial score (nSPS) is 20.5. The predicted octanol–water partition coefficient (Wildman–Crippen LogP) is -0.890. The van der Waals surface area contributed by atoms with E-state index in [-0.39, 0.29) is 18.4 Å². The van der Waals surface area contributed by atoms with E-state index in [1.807, 2.05) is 0 Å². The molecule has 1 amide bonds. The van der Waals surface area contributed by atoms with E-state index in [1.54, 1.807) is 14.0 Å². The number of rotatable bonds is 6. The third-order valence-corrected chi connectivity index (χ3v) is 2.64. The SMILES string of the molecule is COCCC(C)(O)CNC(=O)C1CNC1. The third kappa shape index (κ3) is 4.15. The molecule has 1 fully saturated rings. The number of hydrogen-bond donors (Lipinski definition) is 3. The minimum Gasteiger partial charge on any atom is -0.388 e. The molecule has 0 aromatic carbocycles. The Labute approximate surface area is 90.2 Å². The number of nitrogens with one attached hydrogen (secondary N) is 2. The molecule has 1 atom stereocenters. The number of hydrogen-bond acceptors (Lipinski definition) is 4. The molecular formula is C10H20N2O3. The highest BCUT2D eigenvalue weighted by molar-refractivity contribution is 5.80. The lowest BCUT2D eigenvalue weighted by atomic mass is 10.00. The van der Waals surface area contributed by atoms with Gasteiger partial charge in [0.15, 0.2) is 0 Å². The summed E-state index contributed by atoms with van der Waals surface area (Å²) in [7, 11) is 1.59. The molecule has 1 saturated heterocycles. The molecule has 5 heteroatoms. The Morgan fingerprint density at radius 1 is 1.67 bits per heavy atom. The summed E-state index contributed by atoms with van der Waals surface area (Å²) in [5, 5.41) is 15.6. The average molecular weight is 216 g/mol. The van der Waals surface area contributed by atoms with E-state index in [4.69, 9.17) is 4.74 Å². The second-order valence-electron chi connectivity index (χ2n) is 4.31. The first-order valence-corrected chi connectivity index (χ1v) is 5.25. The van der Waals surface area contributed by atoms with Gasteiger partial charge in [-0.05, 0) is 6.92 Å². The number of ether oxygens (including phenoxy) is 1. The van der Waals surface area contributed by atoms with Crippen molar-refractivity contribution >= 4 is 5.91 Å². The standard InChI is InChI=1S/C10H20N2O3/c1-10(14,3-4-15-2)7-12-9(13)8-5-11-6-8/h8,11,14H,3-7H2,1-2H3,(H,12,13). The van der Waals surface area contributed by atoms with Gasteiger partial charge in [-0.2, -0.15) is 0 Å². The lowest BCUT2D eigenvalue weighted by Crippen LogP contribution is -2.53. The zero-order chi connectivity index (χ0) is 11.3. The molecule has 0 bridgehead atoms. The van der Waals surface area contributed by atoms with Crippen LogP contribution in [0.3, 0.4) is 0 Å². The van der Waals surface area contributed by atoms with Crippen molar-refractivity contribution in [1.29, 1.82) is 0 Å². The van der Waals surface area contributed by atoms with Gasteiger partial charge < -0.3 is 20.5 Å². The Morgan fingerprint density at radius 2 is 2.33 bits per heavy atom. The van der Waals surface area contributed by atoms with Crippen molar-refractivity contribution in [2.75, 3.05) is 33.4 Å². The molecule has 1 rings (SSSR count). The summed E-state index contributed by atoms with van der Waals surface area (Å²) in [6, 6.07) is 0.